The van der Waals surface area contributed by atoms with Crippen molar-refractivity contribution >= 4 is 34.1 Å². The number of amides is 2. The Labute approximate surface area is 152 Å². The zero-order valence-electron chi connectivity index (χ0n) is 15.3. The van der Waals surface area contributed by atoms with E-state index >= 15 is 0 Å². The van der Waals surface area contributed by atoms with E-state index < -0.39 is 0 Å². The Morgan fingerprint density at radius 3 is 2.54 bits per heavy atom. The number of nitrogens with one attached hydrogen (secondary N) is 3. The molecule has 0 spiro atoms. The highest BCUT2D eigenvalue weighted by Crippen LogP contribution is 2.23. The van der Waals surface area contributed by atoms with Gasteiger partial charge < -0.3 is 10.6 Å². The van der Waals surface area contributed by atoms with E-state index in [0.717, 1.165) is 22.0 Å². The smallest absolute Gasteiger partial charge is 0.276 e. The Balaban J connectivity index is 1.86. The lowest BCUT2D eigenvalue weighted by atomic mass is 10.1. The molecule has 6 nitrogen and oxygen atoms in total. The van der Waals surface area contributed by atoms with Crippen LogP contribution in [-0.4, -0.2) is 22.0 Å². The number of carbonyl (C=O) groups excluding carboxylic acids is 2. The van der Waals surface area contributed by atoms with E-state index in [1.807, 2.05) is 58.0 Å². The van der Waals surface area contributed by atoms with E-state index in [1.165, 1.54) is 0 Å². The van der Waals surface area contributed by atoms with Crippen molar-refractivity contribution in [2.75, 3.05) is 10.6 Å². The van der Waals surface area contributed by atoms with Crippen molar-refractivity contribution in [3.8, 4) is 0 Å². The van der Waals surface area contributed by atoms with Gasteiger partial charge in [0.05, 0.1) is 5.52 Å². The van der Waals surface area contributed by atoms with Crippen LogP contribution in [-0.2, 0) is 4.79 Å². The molecule has 2 amide bonds. The minimum Gasteiger partial charge on any atom is -0.326 e. The number of fused-ring (bicyclic) bond motifs is 1. The van der Waals surface area contributed by atoms with Crippen LogP contribution in [0, 0.1) is 19.8 Å². The van der Waals surface area contributed by atoms with E-state index in [4.69, 9.17) is 0 Å². The van der Waals surface area contributed by atoms with Gasteiger partial charge in [0.2, 0.25) is 5.91 Å². The van der Waals surface area contributed by atoms with Crippen LogP contribution in [0.4, 0.5) is 11.4 Å². The van der Waals surface area contributed by atoms with Crippen molar-refractivity contribution in [1.82, 2.24) is 10.2 Å². The minimum absolute atomic E-state index is 0.0695. The zero-order valence-corrected chi connectivity index (χ0v) is 15.3. The highest BCUT2D eigenvalue weighted by atomic mass is 16.2. The van der Waals surface area contributed by atoms with Gasteiger partial charge in [0.15, 0.2) is 5.69 Å². The Hall–Kier alpha value is -3.15. The summed E-state index contributed by atoms with van der Waals surface area (Å²) in [5.74, 6) is -0.481. The topological polar surface area (TPSA) is 86.9 Å². The standard InChI is InChI=1S/C20H22N4O2/c1-11(2)19(25)21-14-7-6-13(4)17(10-14)22-20(26)18-15-9-12(3)5-8-16(15)23-24-18/h5-11H,1-4H3,(H,21,25)(H,22,26)(H,23,24). The summed E-state index contributed by atoms with van der Waals surface area (Å²) in [6.07, 6.45) is 0. The molecule has 0 saturated heterocycles. The summed E-state index contributed by atoms with van der Waals surface area (Å²) < 4.78 is 0. The molecule has 3 rings (SSSR count). The molecule has 0 atom stereocenters. The average molecular weight is 350 g/mol. The molecule has 6 heteroatoms. The molecule has 134 valence electrons. The second-order valence-corrected chi connectivity index (χ2v) is 6.75. The van der Waals surface area contributed by atoms with E-state index in [2.05, 4.69) is 20.8 Å². The molecule has 3 N–H and O–H groups in total. The number of hydrogen-bond donors (Lipinski definition) is 3. The van der Waals surface area contributed by atoms with Crippen LogP contribution < -0.4 is 10.6 Å². The Morgan fingerprint density at radius 2 is 1.81 bits per heavy atom. The lowest BCUT2D eigenvalue weighted by molar-refractivity contribution is -0.118. The summed E-state index contributed by atoms with van der Waals surface area (Å²) >= 11 is 0. The fraction of sp³-hybridized carbons (Fsp3) is 0.250. The van der Waals surface area contributed by atoms with Crippen molar-refractivity contribution in [2.24, 2.45) is 5.92 Å². The van der Waals surface area contributed by atoms with Gasteiger partial charge in [-0.3, -0.25) is 14.7 Å². The normalized spacial score (nSPS) is 11.0. The molecule has 0 aliphatic carbocycles. The molecule has 0 bridgehead atoms. The molecule has 2 aromatic carbocycles. The van der Waals surface area contributed by atoms with Gasteiger partial charge in [-0.15, -0.1) is 0 Å². The van der Waals surface area contributed by atoms with Gasteiger partial charge in [-0.05, 0) is 43.7 Å². The third-order valence-corrected chi connectivity index (χ3v) is 4.21. The minimum atomic E-state index is -0.294. The highest BCUT2D eigenvalue weighted by Gasteiger charge is 2.16. The molecule has 1 aromatic heterocycles. The van der Waals surface area contributed by atoms with Gasteiger partial charge in [-0.2, -0.15) is 5.10 Å². The molecule has 26 heavy (non-hydrogen) atoms. The van der Waals surface area contributed by atoms with Gasteiger partial charge in [0.1, 0.15) is 0 Å². The molecule has 1 heterocycles. The number of aromatic nitrogens is 2. The highest BCUT2D eigenvalue weighted by molar-refractivity contribution is 6.11. The summed E-state index contributed by atoms with van der Waals surface area (Å²) in [7, 11) is 0. The first-order valence-corrected chi connectivity index (χ1v) is 8.52. The predicted molar refractivity (Wildman–Crippen MR) is 103 cm³/mol. The first-order chi connectivity index (χ1) is 12.3. The second-order valence-electron chi connectivity index (χ2n) is 6.75. The molecule has 0 unspecified atom stereocenters. The number of nitrogens with zero attached hydrogens (tertiary/aromatic N) is 1. The van der Waals surface area contributed by atoms with Gasteiger partial charge in [-0.1, -0.05) is 31.5 Å². The average Bonchev–Trinajstić information content (AvgIpc) is 3.00. The first-order valence-electron chi connectivity index (χ1n) is 8.52. The molecule has 3 aromatic rings. The first kappa shape index (κ1) is 17.7. The van der Waals surface area contributed by atoms with E-state index in [9.17, 15) is 9.59 Å². The Kier molecular flexibility index (Phi) is 4.75. The van der Waals surface area contributed by atoms with Gasteiger partial charge in [0, 0.05) is 22.7 Å². The number of carbonyl (C=O) groups is 2. The number of benzene rings is 2. The zero-order chi connectivity index (χ0) is 18.8. The van der Waals surface area contributed by atoms with Crippen LogP contribution >= 0.6 is 0 Å². The number of aromatic amines is 1. The molecular formula is C20H22N4O2. The van der Waals surface area contributed by atoms with E-state index in [0.29, 0.717) is 17.1 Å². The molecule has 0 saturated carbocycles. The quantitative estimate of drug-likeness (QED) is 0.664. The number of aryl methyl sites for hydroxylation is 2. The lowest BCUT2D eigenvalue weighted by Gasteiger charge is -2.12. The lowest BCUT2D eigenvalue weighted by Crippen LogP contribution is -2.18. The fourth-order valence-corrected chi connectivity index (χ4v) is 2.60. The van der Waals surface area contributed by atoms with Gasteiger partial charge >= 0.3 is 0 Å². The maximum atomic E-state index is 12.7. The third kappa shape index (κ3) is 3.59. The van der Waals surface area contributed by atoms with E-state index in [1.54, 1.807) is 6.07 Å². The van der Waals surface area contributed by atoms with E-state index in [-0.39, 0.29) is 17.7 Å². The maximum absolute atomic E-state index is 12.7. The summed E-state index contributed by atoms with van der Waals surface area (Å²) in [4.78, 5) is 24.6. The molecule has 0 radical (unpaired) electrons. The monoisotopic (exact) mass is 350 g/mol. The molecule has 0 aliphatic heterocycles. The SMILES string of the molecule is Cc1ccc2[nH]nc(C(=O)Nc3cc(NC(=O)C(C)C)ccc3C)c2c1. The van der Waals surface area contributed by atoms with Gasteiger partial charge in [-0.25, -0.2) is 0 Å². The Bertz CT molecular complexity index is 989. The Morgan fingerprint density at radius 1 is 1.04 bits per heavy atom. The summed E-state index contributed by atoms with van der Waals surface area (Å²) in [6, 6.07) is 11.2. The molecule has 0 aliphatic rings. The van der Waals surface area contributed by atoms with Crippen LogP contribution in [0.5, 0.6) is 0 Å². The summed E-state index contributed by atoms with van der Waals surface area (Å²) in [6.45, 7) is 7.53. The fourth-order valence-electron chi connectivity index (χ4n) is 2.60. The van der Waals surface area contributed by atoms with Crippen LogP contribution in [0.3, 0.4) is 0 Å². The summed E-state index contributed by atoms with van der Waals surface area (Å²) in [5.41, 5.74) is 4.40. The van der Waals surface area contributed by atoms with Crippen LogP contribution in [0.1, 0.15) is 35.5 Å². The van der Waals surface area contributed by atoms with Crippen molar-refractivity contribution in [3.63, 3.8) is 0 Å². The number of anilines is 2. The van der Waals surface area contributed by atoms with Crippen LogP contribution in [0.2, 0.25) is 0 Å². The number of H-pyrrole nitrogens is 1. The molecule has 0 fully saturated rings. The van der Waals surface area contributed by atoms with Crippen LogP contribution in [0.15, 0.2) is 36.4 Å². The van der Waals surface area contributed by atoms with Crippen molar-refractivity contribution in [3.05, 3.63) is 53.2 Å². The largest absolute Gasteiger partial charge is 0.326 e. The van der Waals surface area contributed by atoms with Crippen molar-refractivity contribution in [2.45, 2.75) is 27.7 Å². The van der Waals surface area contributed by atoms with Crippen LogP contribution in [0.25, 0.3) is 10.9 Å². The summed E-state index contributed by atoms with van der Waals surface area (Å²) in [5, 5.41) is 13.5. The van der Waals surface area contributed by atoms with Gasteiger partial charge in [0.25, 0.3) is 5.91 Å². The second kappa shape index (κ2) is 7.00. The van der Waals surface area contributed by atoms with Crippen molar-refractivity contribution in [1.29, 1.82) is 0 Å². The third-order valence-electron chi connectivity index (χ3n) is 4.21. The maximum Gasteiger partial charge on any atom is 0.276 e. The van der Waals surface area contributed by atoms with Crippen molar-refractivity contribution < 1.29 is 9.59 Å². The predicted octanol–water partition coefficient (Wildman–Crippen LogP) is 4.03. The number of rotatable bonds is 4. The number of hydrogen-bond acceptors (Lipinski definition) is 3. The molecular weight excluding hydrogens is 328 g/mol.